The van der Waals surface area contributed by atoms with E-state index in [9.17, 15) is 4.79 Å². The van der Waals surface area contributed by atoms with Crippen LogP contribution >= 0.6 is 23.4 Å². The SMILES string of the molecule is CCOCCCNC(=O)C(C)Sc1nc2cc(Cl)ccc2o1. The van der Waals surface area contributed by atoms with E-state index in [1.165, 1.54) is 11.8 Å². The molecule has 1 aromatic heterocycles. The molecule has 1 aromatic carbocycles. The van der Waals surface area contributed by atoms with E-state index in [1.807, 2.05) is 13.8 Å². The minimum absolute atomic E-state index is 0.0400. The van der Waals surface area contributed by atoms with Crippen LogP contribution in [0.2, 0.25) is 5.02 Å². The van der Waals surface area contributed by atoms with E-state index in [4.69, 9.17) is 20.8 Å². The number of carbonyl (C=O) groups excluding carboxylic acids is 1. The van der Waals surface area contributed by atoms with E-state index in [2.05, 4.69) is 10.3 Å². The van der Waals surface area contributed by atoms with Crippen LogP contribution in [0.5, 0.6) is 0 Å². The Balaban J connectivity index is 1.84. The van der Waals surface area contributed by atoms with Crippen LogP contribution in [0.1, 0.15) is 20.3 Å². The lowest BCUT2D eigenvalue weighted by Gasteiger charge is -2.09. The van der Waals surface area contributed by atoms with Crippen molar-refractivity contribution in [3.8, 4) is 0 Å². The largest absolute Gasteiger partial charge is 0.431 e. The van der Waals surface area contributed by atoms with Crippen molar-refractivity contribution in [1.29, 1.82) is 0 Å². The van der Waals surface area contributed by atoms with Crippen LogP contribution in [-0.4, -0.2) is 35.9 Å². The van der Waals surface area contributed by atoms with Gasteiger partial charge in [0.15, 0.2) is 5.58 Å². The molecule has 0 aliphatic heterocycles. The molecule has 0 aliphatic carbocycles. The van der Waals surface area contributed by atoms with Gasteiger partial charge in [-0.2, -0.15) is 0 Å². The monoisotopic (exact) mass is 342 g/mol. The van der Waals surface area contributed by atoms with Crippen LogP contribution in [0, 0.1) is 0 Å². The highest BCUT2D eigenvalue weighted by Crippen LogP contribution is 2.28. The Kier molecular flexibility index (Phi) is 6.54. The van der Waals surface area contributed by atoms with Gasteiger partial charge in [0.05, 0.1) is 5.25 Å². The standard InChI is InChI=1S/C15H19ClN2O3S/c1-3-20-8-4-7-17-14(19)10(2)22-15-18-12-9-11(16)5-6-13(12)21-15/h5-6,9-10H,3-4,7-8H2,1-2H3,(H,17,19). The van der Waals surface area contributed by atoms with Gasteiger partial charge in [-0.15, -0.1) is 0 Å². The molecule has 0 bridgehead atoms. The van der Waals surface area contributed by atoms with E-state index in [0.29, 0.717) is 41.1 Å². The van der Waals surface area contributed by atoms with Crippen LogP contribution in [0.25, 0.3) is 11.1 Å². The molecule has 0 fully saturated rings. The molecule has 1 atom stereocenters. The summed E-state index contributed by atoms with van der Waals surface area (Å²) in [5.74, 6) is -0.0400. The van der Waals surface area contributed by atoms with Crippen LogP contribution in [0.15, 0.2) is 27.8 Å². The summed E-state index contributed by atoms with van der Waals surface area (Å²) in [6, 6.07) is 5.26. The molecule has 5 nitrogen and oxygen atoms in total. The second-order valence-electron chi connectivity index (χ2n) is 4.69. The molecule has 0 radical (unpaired) electrons. The summed E-state index contributed by atoms with van der Waals surface area (Å²) < 4.78 is 10.8. The van der Waals surface area contributed by atoms with Gasteiger partial charge in [0.1, 0.15) is 5.52 Å². The Labute approximate surface area is 138 Å². The average Bonchev–Trinajstić information content (AvgIpc) is 2.88. The number of aromatic nitrogens is 1. The third-order valence-electron chi connectivity index (χ3n) is 2.95. The van der Waals surface area contributed by atoms with Gasteiger partial charge in [0.25, 0.3) is 5.22 Å². The van der Waals surface area contributed by atoms with Crippen molar-refractivity contribution in [2.24, 2.45) is 0 Å². The summed E-state index contributed by atoms with van der Waals surface area (Å²) in [5.41, 5.74) is 1.36. The molecule has 0 saturated heterocycles. The maximum atomic E-state index is 12.0. The molecule has 1 unspecified atom stereocenters. The summed E-state index contributed by atoms with van der Waals surface area (Å²) >= 11 is 7.20. The first-order valence-corrected chi connectivity index (χ1v) is 8.44. The van der Waals surface area contributed by atoms with Gasteiger partial charge in [-0.25, -0.2) is 4.98 Å². The highest BCUT2D eigenvalue weighted by molar-refractivity contribution is 8.00. The second kappa shape index (κ2) is 8.41. The molecule has 0 spiro atoms. The van der Waals surface area contributed by atoms with Gasteiger partial charge in [0.2, 0.25) is 5.91 Å². The summed E-state index contributed by atoms with van der Waals surface area (Å²) in [4.78, 5) is 16.3. The highest BCUT2D eigenvalue weighted by Gasteiger charge is 2.17. The molecule has 0 aliphatic rings. The van der Waals surface area contributed by atoms with Crippen molar-refractivity contribution >= 4 is 40.4 Å². The Morgan fingerprint density at radius 1 is 1.55 bits per heavy atom. The molecule has 1 amide bonds. The fraction of sp³-hybridized carbons (Fsp3) is 0.467. The zero-order valence-corrected chi connectivity index (χ0v) is 14.2. The predicted molar refractivity (Wildman–Crippen MR) is 88.5 cm³/mol. The number of oxazole rings is 1. The maximum absolute atomic E-state index is 12.0. The number of ether oxygens (including phenoxy) is 1. The van der Waals surface area contributed by atoms with Gasteiger partial charge in [-0.05, 0) is 38.5 Å². The first-order valence-electron chi connectivity index (χ1n) is 7.18. The van der Waals surface area contributed by atoms with E-state index in [1.54, 1.807) is 18.2 Å². The summed E-state index contributed by atoms with van der Waals surface area (Å²) in [5, 5.41) is 3.67. The van der Waals surface area contributed by atoms with Crippen molar-refractivity contribution in [1.82, 2.24) is 10.3 Å². The number of rotatable bonds is 8. The number of carbonyl (C=O) groups is 1. The minimum atomic E-state index is -0.282. The van der Waals surface area contributed by atoms with Crippen LogP contribution in [-0.2, 0) is 9.53 Å². The smallest absolute Gasteiger partial charge is 0.257 e. The number of benzene rings is 1. The highest BCUT2D eigenvalue weighted by atomic mass is 35.5. The number of nitrogens with zero attached hydrogens (tertiary/aromatic N) is 1. The quantitative estimate of drug-likeness (QED) is 0.587. The average molecular weight is 343 g/mol. The third kappa shape index (κ3) is 4.90. The van der Waals surface area contributed by atoms with Gasteiger partial charge < -0.3 is 14.5 Å². The second-order valence-corrected chi connectivity index (χ2v) is 6.42. The third-order valence-corrected chi connectivity index (χ3v) is 4.12. The molecule has 22 heavy (non-hydrogen) atoms. The van der Waals surface area contributed by atoms with Gasteiger partial charge in [-0.1, -0.05) is 23.4 Å². The Hall–Kier alpha value is -1.24. The zero-order chi connectivity index (χ0) is 15.9. The van der Waals surface area contributed by atoms with E-state index >= 15 is 0 Å². The van der Waals surface area contributed by atoms with E-state index in [-0.39, 0.29) is 11.2 Å². The van der Waals surface area contributed by atoms with Gasteiger partial charge in [-0.3, -0.25) is 4.79 Å². The predicted octanol–water partition coefficient (Wildman–Crippen LogP) is 3.50. The fourth-order valence-electron chi connectivity index (χ4n) is 1.81. The lowest BCUT2D eigenvalue weighted by Crippen LogP contribution is -2.32. The van der Waals surface area contributed by atoms with Gasteiger partial charge >= 0.3 is 0 Å². The van der Waals surface area contributed by atoms with Crippen molar-refractivity contribution in [2.75, 3.05) is 19.8 Å². The number of fused-ring (bicyclic) bond motifs is 1. The van der Waals surface area contributed by atoms with Crippen LogP contribution in [0.4, 0.5) is 0 Å². The molecule has 2 rings (SSSR count). The summed E-state index contributed by atoms with van der Waals surface area (Å²) in [7, 11) is 0. The minimum Gasteiger partial charge on any atom is -0.431 e. The number of nitrogens with one attached hydrogen (secondary N) is 1. The first-order chi connectivity index (χ1) is 10.6. The lowest BCUT2D eigenvalue weighted by molar-refractivity contribution is -0.120. The normalized spacial score (nSPS) is 12.5. The molecular weight excluding hydrogens is 324 g/mol. The summed E-state index contributed by atoms with van der Waals surface area (Å²) in [6.45, 7) is 5.73. The topological polar surface area (TPSA) is 64.4 Å². The maximum Gasteiger partial charge on any atom is 0.257 e. The molecule has 2 aromatic rings. The van der Waals surface area contributed by atoms with E-state index < -0.39 is 0 Å². The molecule has 120 valence electrons. The lowest BCUT2D eigenvalue weighted by atomic mass is 10.3. The molecule has 1 heterocycles. The fourth-order valence-corrected chi connectivity index (χ4v) is 2.76. The number of hydrogen-bond acceptors (Lipinski definition) is 5. The molecule has 7 heteroatoms. The molecule has 0 saturated carbocycles. The van der Waals surface area contributed by atoms with Crippen molar-refractivity contribution < 1.29 is 13.9 Å². The first kappa shape index (κ1) is 17.1. The molecule has 1 N–H and O–H groups in total. The van der Waals surface area contributed by atoms with Crippen molar-refractivity contribution in [2.45, 2.75) is 30.7 Å². The Morgan fingerprint density at radius 2 is 2.36 bits per heavy atom. The number of amides is 1. The van der Waals surface area contributed by atoms with Crippen molar-refractivity contribution in [3.05, 3.63) is 23.2 Å². The van der Waals surface area contributed by atoms with Crippen molar-refractivity contribution in [3.63, 3.8) is 0 Å². The van der Waals surface area contributed by atoms with Gasteiger partial charge in [0, 0.05) is 24.8 Å². The van der Waals surface area contributed by atoms with Crippen LogP contribution < -0.4 is 5.32 Å². The molecular formula is C15H19ClN2O3S. The number of hydrogen-bond donors (Lipinski definition) is 1. The van der Waals surface area contributed by atoms with Crippen LogP contribution in [0.3, 0.4) is 0 Å². The number of thioether (sulfide) groups is 1. The Bertz CT molecular complexity index is 632. The Morgan fingerprint density at radius 3 is 3.14 bits per heavy atom. The zero-order valence-electron chi connectivity index (χ0n) is 12.6. The summed E-state index contributed by atoms with van der Waals surface area (Å²) in [6.07, 6.45) is 0.804. The number of halogens is 1. The van der Waals surface area contributed by atoms with E-state index in [0.717, 1.165) is 6.42 Å².